The van der Waals surface area contributed by atoms with Crippen LogP contribution in [0.4, 0.5) is 0 Å². The molecule has 0 bridgehead atoms. The van der Waals surface area contributed by atoms with Crippen LogP contribution in [-0.4, -0.2) is 27.0 Å². The highest BCUT2D eigenvalue weighted by Gasteiger charge is 2.16. The van der Waals surface area contributed by atoms with E-state index in [-0.39, 0.29) is 6.61 Å². The van der Waals surface area contributed by atoms with E-state index < -0.39 is 5.54 Å². The normalized spacial score (nSPS) is 15.7. The van der Waals surface area contributed by atoms with Crippen molar-refractivity contribution in [2.24, 2.45) is 5.73 Å². The Morgan fingerprint density at radius 1 is 1.69 bits per heavy atom. The van der Waals surface area contributed by atoms with Gasteiger partial charge in [0, 0.05) is 18.3 Å². The lowest BCUT2D eigenvalue weighted by Gasteiger charge is -2.21. The summed E-state index contributed by atoms with van der Waals surface area (Å²) >= 11 is 0. The number of hydrogen-bond acceptors (Lipinski definition) is 3. The number of aliphatic hydroxyl groups excluding tert-OH is 1. The maximum atomic E-state index is 8.92. The van der Waals surface area contributed by atoms with Crippen LogP contribution in [0.25, 0.3) is 0 Å². The lowest BCUT2D eigenvalue weighted by Crippen LogP contribution is -2.41. The highest BCUT2D eigenvalue weighted by atomic mass is 16.3. The van der Waals surface area contributed by atoms with Crippen LogP contribution < -0.4 is 5.73 Å². The molecule has 0 aliphatic carbocycles. The molecule has 4 heteroatoms. The average molecular weight is 183 g/mol. The molecule has 13 heavy (non-hydrogen) atoms. The minimum atomic E-state index is -0.500. The van der Waals surface area contributed by atoms with Gasteiger partial charge in [0.25, 0.3) is 0 Å². The third kappa shape index (κ3) is 3.16. The Bertz CT molecular complexity index is 268. The molecule has 0 saturated carbocycles. The first-order valence-electron chi connectivity index (χ1n) is 4.43. The van der Waals surface area contributed by atoms with E-state index in [0.29, 0.717) is 0 Å². The van der Waals surface area contributed by atoms with Gasteiger partial charge in [0.15, 0.2) is 0 Å². The van der Waals surface area contributed by atoms with Crippen molar-refractivity contribution in [3.8, 4) is 0 Å². The van der Waals surface area contributed by atoms with Crippen molar-refractivity contribution in [1.29, 1.82) is 0 Å². The second-order valence-electron chi connectivity index (χ2n) is 3.78. The standard InChI is InChI=1S/C9H17N3O/c1-8-3-5-12(11-8)6-4-9(2,10)7-13/h3,5,13H,4,6-7,10H2,1-2H3. The summed E-state index contributed by atoms with van der Waals surface area (Å²) in [6.07, 6.45) is 2.65. The van der Waals surface area contributed by atoms with Crippen molar-refractivity contribution in [3.63, 3.8) is 0 Å². The lowest BCUT2D eigenvalue weighted by atomic mass is 10.0. The molecule has 1 aromatic heterocycles. The largest absolute Gasteiger partial charge is 0.394 e. The molecule has 0 saturated heterocycles. The van der Waals surface area contributed by atoms with E-state index in [4.69, 9.17) is 10.8 Å². The van der Waals surface area contributed by atoms with E-state index in [1.165, 1.54) is 0 Å². The SMILES string of the molecule is Cc1ccn(CCC(C)(N)CO)n1. The topological polar surface area (TPSA) is 64.1 Å². The highest BCUT2D eigenvalue weighted by Crippen LogP contribution is 2.06. The molecule has 0 aromatic carbocycles. The molecule has 1 aromatic rings. The summed E-state index contributed by atoms with van der Waals surface area (Å²) < 4.78 is 1.84. The Balaban J connectivity index is 2.43. The Hall–Kier alpha value is -0.870. The van der Waals surface area contributed by atoms with E-state index in [9.17, 15) is 0 Å². The fourth-order valence-electron chi connectivity index (χ4n) is 1.04. The van der Waals surface area contributed by atoms with Gasteiger partial charge in [-0.2, -0.15) is 5.10 Å². The van der Waals surface area contributed by atoms with E-state index >= 15 is 0 Å². The lowest BCUT2D eigenvalue weighted by molar-refractivity contribution is 0.194. The number of hydrogen-bond donors (Lipinski definition) is 2. The molecule has 0 aliphatic heterocycles. The molecule has 4 nitrogen and oxygen atoms in total. The molecule has 1 rings (SSSR count). The van der Waals surface area contributed by atoms with Gasteiger partial charge in [0.05, 0.1) is 12.3 Å². The number of aryl methyl sites for hydroxylation is 2. The summed E-state index contributed by atoms with van der Waals surface area (Å²) in [5, 5.41) is 13.2. The third-order valence-corrected chi connectivity index (χ3v) is 2.05. The molecular formula is C9H17N3O. The molecule has 0 spiro atoms. The number of rotatable bonds is 4. The Morgan fingerprint density at radius 2 is 2.38 bits per heavy atom. The summed E-state index contributed by atoms with van der Waals surface area (Å²) in [6.45, 7) is 4.54. The van der Waals surface area contributed by atoms with Crippen LogP contribution in [-0.2, 0) is 6.54 Å². The van der Waals surface area contributed by atoms with Crippen LogP contribution in [0.2, 0.25) is 0 Å². The molecule has 74 valence electrons. The molecule has 1 heterocycles. The van der Waals surface area contributed by atoms with E-state index in [2.05, 4.69) is 5.10 Å². The number of aromatic nitrogens is 2. The van der Waals surface area contributed by atoms with Crippen molar-refractivity contribution in [2.45, 2.75) is 32.4 Å². The highest BCUT2D eigenvalue weighted by molar-refractivity contribution is 4.94. The summed E-state index contributed by atoms with van der Waals surface area (Å²) in [7, 11) is 0. The van der Waals surface area contributed by atoms with Gasteiger partial charge >= 0.3 is 0 Å². The second kappa shape index (κ2) is 3.89. The zero-order chi connectivity index (χ0) is 9.90. The Kier molecular flexibility index (Phi) is 3.06. The first-order valence-corrected chi connectivity index (χ1v) is 4.43. The average Bonchev–Trinajstić information content (AvgIpc) is 2.48. The van der Waals surface area contributed by atoms with Gasteiger partial charge in [-0.15, -0.1) is 0 Å². The zero-order valence-corrected chi connectivity index (χ0v) is 8.20. The van der Waals surface area contributed by atoms with Crippen LogP contribution in [0.15, 0.2) is 12.3 Å². The quantitative estimate of drug-likeness (QED) is 0.705. The third-order valence-electron chi connectivity index (χ3n) is 2.05. The predicted octanol–water partition coefficient (Wildman–Crippen LogP) is 0.291. The molecule has 1 atom stereocenters. The van der Waals surface area contributed by atoms with Crippen LogP contribution in [0.1, 0.15) is 19.0 Å². The van der Waals surface area contributed by atoms with Gasteiger partial charge in [-0.1, -0.05) is 0 Å². The minimum absolute atomic E-state index is 0.00719. The first kappa shape index (κ1) is 10.2. The molecule has 0 aliphatic rings. The summed E-state index contributed by atoms with van der Waals surface area (Å²) in [5.41, 5.74) is 6.28. The number of nitrogens with two attached hydrogens (primary N) is 1. The van der Waals surface area contributed by atoms with Crippen LogP contribution in [0.3, 0.4) is 0 Å². The van der Waals surface area contributed by atoms with Crippen molar-refractivity contribution < 1.29 is 5.11 Å². The molecular weight excluding hydrogens is 166 g/mol. The van der Waals surface area contributed by atoms with Gasteiger partial charge in [-0.25, -0.2) is 0 Å². The van der Waals surface area contributed by atoms with Gasteiger partial charge in [0.2, 0.25) is 0 Å². The summed E-state index contributed by atoms with van der Waals surface area (Å²) in [6, 6.07) is 1.95. The molecule has 0 radical (unpaired) electrons. The van der Waals surface area contributed by atoms with Crippen molar-refractivity contribution in [2.75, 3.05) is 6.61 Å². The van der Waals surface area contributed by atoms with Crippen molar-refractivity contribution in [1.82, 2.24) is 9.78 Å². The molecule has 0 amide bonds. The van der Waals surface area contributed by atoms with Gasteiger partial charge in [-0.05, 0) is 26.3 Å². The number of nitrogens with zero attached hydrogens (tertiary/aromatic N) is 2. The Labute approximate surface area is 78.4 Å². The van der Waals surface area contributed by atoms with E-state index in [1.54, 1.807) is 0 Å². The van der Waals surface area contributed by atoms with Crippen LogP contribution in [0, 0.1) is 6.92 Å². The first-order chi connectivity index (χ1) is 6.03. The monoisotopic (exact) mass is 183 g/mol. The second-order valence-corrected chi connectivity index (χ2v) is 3.78. The smallest absolute Gasteiger partial charge is 0.0609 e. The van der Waals surface area contributed by atoms with Crippen LogP contribution >= 0.6 is 0 Å². The zero-order valence-electron chi connectivity index (χ0n) is 8.20. The van der Waals surface area contributed by atoms with Crippen molar-refractivity contribution in [3.05, 3.63) is 18.0 Å². The molecule has 3 N–H and O–H groups in total. The van der Waals surface area contributed by atoms with Crippen LogP contribution in [0.5, 0.6) is 0 Å². The van der Waals surface area contributed by atoms with Crippen molar-refractivity contribution >= 4 is 0 Å². The minimum Gasteiger partial charge on any atom is -0.394 e. The predicted molar refractivity (Wildman–Crippen MR) is 51.3 cm³/mol. The molecule has 1 unspecified atom stereocenters. The maximum absolute atomic E-state index is 8.92. The van der Waals surface area contributed by atoms with Gasteiger partial charge in [0.1, 0.15) is 0 Å². The summed E-state index contributed by atoms with van der Waals surface area (Å²) in [4.78, 5) is 0. The fraction of sp³-hybridized carbons (Fsp3) is 0.667. The number of aliphatic hydroxyl groups is 1. The van der Waals surface area contributed by atoms with Gasteiger partial charge in [-0.3, -0.25) is 4.68 Å². The van der Waals surface area contributed by atoms with E-state index in [1.807, 2.05) is 30.8 Å². The summed E-state index contributed by atoms with van der Waals surface area (Å²) in [5.74, 6) is 0. The van der Waals surface area contributed by atoms with E-state index in [0.717, 1.165) is 18.7 Å². The van der Waals surface area contributed by atoms with Gasteiger partial charge < -0.3 is 10.8 Å². The Morgan fingerprint density at radius 3 is 2.85 bits per heavy atom. The fourth-order valence-corrected chi connectivity index (χ4v) is 1.04. The molecule has 0 fully saturated rings. The maximum Gasteiger partial charge on any atom is 0.0609 e.